The lowest BCUT2D eigenvalue weighted by Gasteiger charge is -2.29. The SMILES string of the molecule is CC1=C(CC(C2=C(C)C(N=Nc3ccccc3C(N)=O)C(=O)NC2=O)c2ncc[nH]2)C(=O)NC(=O)C1N=Nc1ccccc1C(N)=O. The third-order valence-electron chi connectivity index (χ3n) is 7.72. The Labute approximate surface area is 266 Å². The molecule has 238 valence electrons. The van der Waals surface area contributed by atoms with Crippen LogP contribution in [-0.4, -0.2) is 57.5 Å². The predicted octanol–water partition coefficient (Wildman–Crippen LogP) is 2.33. The summed E-state index contributed by atoms with van der Waals surface area (Å²) in [7, 11) is 0. The van der Waals surface area contributed by atoms with Gasteiger partial charge in [-0.25, -0.2) is 4.98 Å². The maximum atomic E-state index is 13.4. The number of aromatic amines is 1. The number of aromatic nitrogens is 2. The Kier molecular flexibility index (Phi) is 9.02. The topological polar surface area (TPSA) is 257 Å². The number of azo groups is 2. The van der Waals surface area contributed by atoms with Gasteiger partial charge in [-0.3, -0.25) is 39.4 Å². The van der Waals surface area contributed by atoms with Gasteiger partial charge >= 0.3 is 0 Å². The fourth-order valence-corrected chi connectivity index (χ4v) is 5.32. The minimum Gasteiger partial charge on any atom is -0.366 e. The Balaban J connectivity index is 1.55. The van der Waals surface area contributed by atoms with Gasteiger partial charge in [-0.2, -0.15) is 20.5 Å². The maximum absolute atomic E-state index is 13.4. The number of imidazole rings is 1. The fraction of sp³-hybridized carbons (Fsp3) is 0.194. The number of rotatable bonds is 10. The molecule has 3 atom stereocenters. The molecule has 3 aromatic rings. The zero-order valence-electron chi connectivity index (χ0n) is 25.1. The number of carbonyl (C=O) groups is 6. The molecule has 0 saturated carbocycles. The summed E-state index contributed by atoms with van der Waals surface area (Å²) in [5.41, 5.74) is 12.0. The largest absolute Gasteiger partial charge is 0.366 e. The number of primary amides is 2. The smallest absolute Gasteiger partial charge is 0.257 e. The molecule has 6 amide bonds. The first-order chi connectivity index (χ1) is 22.5. The minimum absolute atomic E-state index is 0.0870. The third kappa shape index (κ3) is 6.51. The molecular formula is C31H28N10O6. The summed E-state index contributed by atoms with van der Waals surface area (Å²) in [5, 5.41) is 21.0. The zero-order chi connectivity index (χ0) is 33.8. The van der Waals surface area contributed by atoms with Gasteiger partial charge in [0.15, 0.2) is 12.1 Å². The van der Waals surface area contributed by atoms with Crippen LogP contribution in [-0.2, 0) is 19.2 Å². The highest BCUT2D eigenvalue weighted by molar-refractivity contribution is 6.13. The van der Waals surface area contributed by atoms with Gasteiger partial charge in [0.25, 0.3) is 35.4 Å². The molecule has 0 bridgehead atoms. The molecule has 16 nitrogen and oxygen atoms in total. The van der Waals surface area contributed by atoms with Crippen molar-refractivity contribution in [1.82, 2.24) is 20.6 Å². The van der Waals surface area contributed by atoms with Crippen LogP contribution >= 0.6 is 0 Å². The highest BCUT2D eigenvalue weighted by atomic mass is 16.2. The molecule has 0 spiro atoms. The standard InChI is InChI=1S/C31H28N10O6/c1-14-18(28(44)36-30(46)23(14)40-38-20-9-5-3-7-16(20)25(32)42)13-19(27-34-11-12-35-27)22-15(2)24(31(47)37-29(22)45)41-39-21-10-6-4-8-17(21)26(33)43/h3-12,19,23-24H,13H2,1-2H3,(H2,32,42)(H2,33,43)(H,34,35)(H,36,44,46)(H,37,45,47). The monoisotopic (exact) mass is 636 g/mol. The van der Waals surface area contributed by atoms with Gasteiger partial charge < -0.3 is 16.5 Å². The van der Waals surface area contributed by atoms with Crippen molar-refractivity contribution in [3.63, 3.8) is 0 Å². The first-order valence-electron chi connectivity index (χ1n) is 14.2. The van der Waals surface area contributed by atoms with E-state index in [1.807, 2.05) is 0 Å². The van der Waals surface area contributed by atoms with Crippen molar-refractivity contribution in [1.29, 1.82) is 0 Å². The van der Waals surface area contributed by atoms with Gasteiger partial charge in [-0.1, -0.05) is 24.3 Å². The van der Waals surface area contributed by atoms with Crippen LogP contribution in [0, 0.1) is 0 Å². The fourth-order valence-electron chi connectivity index (χ4n) is 5.32. The number of H-pyrrole nitrogens is 1. The van der Waals surface area contributed by atoms with Gasteiger partial charge in [0.05, 0.1) is 28.4 Å². The lowest BCUT2D eigenvalue weighted by molar-refractivity contribution is -0.132. The average molecular weight is 637 g/mol. The van der Waals surface area contributed by atoms with Gasteiger partial charge in [0, 0.05) is 23.5 Å². The van der Waals surface area contributed by atoms with Crippen molar-refractivity contribution in [3.8, 4) is 0 Å². The van der Waals surface area contributed by atoms with E-state index in [-0.39, 0.29) is 57.0 Å². The first-order valence-corrected chi connectivity index (χ1v) is 14.2. The van der Waals surface area contributed by atoms with Gasteiger partial charge in [-0.15, -0.1) is 0 Å². The molecule has 0 saturated heterocycles. The van der Waals surface area contributed by atoms with Crippen molar-refractivity contribution in [2.75, 3.05) is 0 Å². The number of benzene rings is 2. The van der Waals surface area contributed by atoms with E-state index in [0.29, 0.717) is 0 Å². The molecule has 2 aliphatic heterocycles. The molecule has 7 N–H and O–H groups in total. The van der Waals surface area contributed by atoms with Crippen molar-refractivity contribution >= 4 is 46.8 Å². The summed E-state index contributed by atoms with van der Waals surface area (Å²) in [4.78, 5) is 83.3. The number of nitrogens with two attached hydrogens (primary N) is 2. The number of imide groups is 2. The Hall–Kier alpha value is -6.45. The van der Waals surface area contributed by atoms with Crippen LogP contribution in [0.3, 0.4) is 0 Å². The van der Waals surface area contributed by atoms with Crippen molar-refractivity contribution in [2.45, 2.75) is 38.3 Å². The second-order valence-electron chi connectivity index (χ2n) is 10.6. The van der Waals surface area contributed by atoms with Crippen LogP contribution in [0.15, 0.2) is 104 Å². The average Bonchev–Trinajstić information content (AvgIpc) is 3.57. The Morgan fingerprint density at radius 3 is 1.81 bits per heavy atom. The lowest BCUT2D eigenvalue weighted by Crippen LogP contribution is -2.47. The number of nitrogens with one attached hydrogen (secondary N) is 3. The van der Waals surface area contributed by atoms with E-state index in [4.69, 9.17) is 11.5 Å². The van der Waals surface area contributed by atoms with E-state index in [0.717, 1.165) is 0 Å². The van der Waals surface area contributed by atoms with Crippen LogP contribution < -0.4 is 22.1 Å². The number of hydrogen-bond acceptors (Lipinski definition) is 11. The molecule has 0 fully saturated rings. The summed E-state index contributed by atoms with van der Waals surface area (Å²) >= 11 is 0. The highest BCUT2D eigenvalue weighted by Crippen LogP contribution is 2.37. The zero-order valence-corrected chi connectivity index (χ0v) is 25.1. The second kappa shape index (κ2) is 13.3. The maximum Gasteiger partial charge on any atom is 0.257 e. The molecule has 5 rings (SSSR count). The van der Waals surface area contributed by atoms with Crippen LogP contribution in [0.5, 0.6) is 0 Å². The van der Waals surface area contributed by atoms with Crippen LogP contribution in [0.25, 0.3) is 0 Å². The summed E-state index contributed by atoms with van der Waals surface area (Å²) in [6.07, 6.45) is 2.84. The summed E-state index contributed by atoms with van der Waals surface area (Å²) in [6.45, 7) is 3.07. The van der Waals surface area contributed by atoms with Crippen molar-refractivity contribution in [3.05, 3.63) is 100 Å². The second-order valence-corrected chi connectivity index (χ2v) is 10.6. The van der Waals surface area contributed by atoms with E-state index in [1.165, 1.54) is 50.5 Å². The van der Waals surface area contributed by atoms with E-state index in [9.17, 15) is 28.8 Å². The molecule has 2 aromatic carbocycles. The minimum atomic E-state index is -1.27. The number of nitrogens with zero attached hydrogens (tertiary/aromatic N) is 5. The van der Waals surface area contributed by atoms with Gasteiger partial charge in [0.2, 0.25) is 0 Å². The predicted molar refractivity (Wildman–Crippen MR) is 164 cm³/mol. The summed E-state index contributed by atoms with van der Waals surface area (Å²) in [5.74, 6) is -5.04. The normalized spacial score (nSPS) is 19.4. The van der Waals surface area contributed by atoms with E-state index >= 15 is 0 Å². The molecule has 3 heterocycles. The highest BCUT2D eigenvalue weighted by Gasteiger charge is 2.40. The molecule has 47 heavy (non-hydrogen) atoms. The number of amides is 6. The molecule has 0 aliphatic carbocycles. The van der Waals surface area contributed by atoms with Crippen molar-refractivity contribution in [2.24, 2.45) is 31.9 Å². The van der Waals surface area contributed by atoms with Crippen LogP contribution in [0.2, 0.25) is 0 Å². The molecule has 0 radical (unpaired) electrons. The van der Waals surface area contributed by atoms with Gasteiger partial charge in [-0.05, 0) is 55.7 Å². The van der Waals surface area contributed by atoms with Crippen molar-refractivity contribution < 1.29 is 28.8 Å². The number of carbonyl (C=O) groups excluding carboxylic acids is 6. The van der Waals surface area contributed by atoms with E-state index < -0.39 is 53.4 Å². The van der Waals surface area contributed by atoms with E-state index in [1.54, 1.807) is 24.3 Å². The molecule has 16 heteroatoms. The summed E-state index contributed by atoms with van der Waals surface area (Å²) < 4.78 is 0. The molecule has 2 aliphatic rings. The Bertz CT molecular complexity index is 1940. The molecule has 3 unspecified atom stereocenters. The van der Waals surface area contributed by atoms with Crippen LogP contribution in [0.1, 0.15) is 52.7 Å². The first kappa shape index (κ1) is 32.0. The molecule has 1 aromatic heterocycles. The van der Waals surface area contributed by atoms with Crippen LogP contribution in [0.4, 0.5) is 11.4 Å². The Morgan fingerprint density at radius 1 is 0.787 bits per heavy atom. The molecular weight excluding hydrogens is 608 g/mol. The Morgan fingerprint density at radius 2 is 1.30 bits per heavy atom. The van der Waals surface area contributed by atoms with E-state index in [2.05, 4.69) is 41.1 Å². The third-order valence-corrected chi connectivity index (χ3v) is 7.72. The lowest BCUT2D eigenvalue weighted by atomic mass is 9.81. The summed E-state index contributed by atoms with van der Waals surface area (Å²) in [6, 6.07) is 9.83. The van der Waals surface area contributed by atoms with Gasteiger partial charge in [0.1, 0.15) is 5.82 Å². The number of hydrogen-bond donors (Lipinski definition) is 5. The quantitative estimate of drug-likeness (QED) is 0.164.